The molecule has 0 atom stereocenters. The van der Waals surface area contributed by atoms with Crippen LogP contribution in [0, 0.1) is 0 Å². The highest BCUT2D eigenvalue weighted by atomic mass is 32.1. The third kappa shape index (κ3) is 1.95. The molecule has 0 saturated carbocycles. The number of thiazole rings is 1. The Balaban J connectivity index is 2.55. The van der Waals surface area contributed by atoms with Crippen LogP contribution in [-0.4, -0.2) is 14.8 Å². The molecule has 0 aliphatic carbocycles. The zero-order valence-corrected chi connectivity index (χ0v) is 9.03. The number of rotatable bonds is 2. The van der Waals surface area contributed by atoms with Crippen LogP contribution in [0.2, 0.25) is 0 Å². The number of hydrogen-bond acceptors (Lipinski definition) is 5. The molecule has 0 radical (unpaired) electrons. The second kappa shape index (κ2) is 3.46. The predicted molar refractivity (Wildman–Crippen MR) is 55.9 cm³/mol. The summed E-state index contributed by atoms with van der Waals surface area (Å²) in [5, 5.41) is 1.72. The van der Waals surface area contributed by atoms with Crippen molar-refractivity contribution in [2.75, 3.05) is 5.73 Å². The van der Waals surface area contributed by atoms with E-state index in [0.717, 1.165) is 0 Å². The first kappa shape index (κ1) is 10.4. The van der Waals surface area contributed by atoms with Crippen molar-refractivity contribution in [1.29, 1.82) is 0 Å². The van der Waals surface area contributed by atoms with Crippen LogP contribution < -0.4 is 11.0 Å². The van der Waals surface area contributed by atoms with E-state index >= 15 is 0 Å². The quantitative estimate of drug-likeness (QED) is 0.676. The summed E-state index contributed by atoms with van der Waals surface area (Å²) in [4.78, 5) is 21.9. The van der Waals surface area contributed by atoms with Crippen molar-refractivity contribution in [1.82, 2.24) is 4.98 Å². The van der Waals surface area contributed by atoms with Crippen molar-refractivity contribution in [3.8, 4) is 11.5 Å². The minimum Gasteiger partial charge on any atom is -0.462 e. The van der Waals surface area contributed by atoms with Crippen molar-refractivity contribution in [2.45, 2.75) is 0 Å². The molecule has 0 spiro atoms. The highest BCUT2D eigenvalue weighted by Gasteiger charge is 2.26. The Hall–Kier alpha value is -1.14. The van der Waals surface area contributed by atoms with Gasteiger partial charge in [-0.25, -0.2) is 4.98 Å². The maximum absolute atomic E-state index is 11.1. The second-order valence-corrected chi connectivity index (χ2v) is 5.21. The highest BCUT2D eigenvalue weighted by molar-refractivity contribution is 7.60. The minimum atomic E-state index is -4.33. The van der Waals surface area contributed by atoms with Gasteiger partial charge < -0.3 is 19.9 Å². The number of aromatic nitrogens is 1. The molecule has 0 aromatic carbocycles. The molecule has 0 bridgehead atoms. The first-order valence-corrected chi connectivity index (χ1v) is 6.32. The molecule has 2 rings (SSSR count). The van der Waals surface area contributed by atoms with Gasteiger partial charge in [-0.15, -0.1) is 11.3 Å². The summed E-state index contributed by atoms with van der Waals surface area (Å²) in [7, 11) is -4.33. The number of nitrogens with two attached hydrogens (primary N) is 1. The molecule has 4 N–H and O–H groups in total. The maximum Gasteiger partial charge on any atom is 0.360 e. The Bertz CT molecular complexity index is 529. The molecular weight excluding hydrogens is 239 g/mol. The Labute approximate surface area is 88.5 Å². The Morgan fingerprint density at radius 3 is 2.80 bits per heavy atom. The zero-order valence-electron chi connectivity index (χ0n) is 7.32. The van der Waals surface area contributed by atoms with Gasteiger partial charge in [-0.3, -0.25) is 4.57 Å². The van der Waals surface area contributed by atoms with E-state index in [4.69, 9.17) is 19.9 Å². The van der Waals surface area contributed by atoms with Crippen LogP contribution in [0.15, 0.2) is 22.1 Å². The summed E-state index contributed by atoms with van der Waals surface area (Å²) >= 11 is 1.18. The first-order chi connectivity index (χ1) is 6.98. The van der Waals surface area contributed by atoms with Crippen LogP contribution in [-0.2, 0) is 4.57 Å². The van der Waals surface area contributed by atoms with E-state index in [-0.39, 0.29) is 11.1 Å². The topological polar surface area (TPSA) is 110 Å². The smallest absolute Gasteiger partial charge is 0.360 e. The monoisotopic (exact) mass is 246 g/mol. The van der Waals surface area contributed by atoms with E-state index in [0.29, 0.717) is 10.8 Å². The molecule has 2 aromatic heterocycles. The van der Waals surface area contributed by atoms with Crippen LogP contribution in [0.5, 0.6) is 0 Å². The molecule has 80 valence electrons. The van der Waals surface area contributed by atoms with Crippen LogP contribution in [0.1, 0.15) is 0 Å². The molecule has 2 heterocycles. The van der Waals surface area contributed by atoms with Gasteiger partial charge >= 0.3 is 7.60 Å². The third-order valence-electron chi connectivity index (χ3n) is 1.71. The zero-order chi connectivity index (χ0) is 11.1. The predicted octanol–water partition coefficient (Wildman–Crippen LogP) is 0.788. The van der Waals surface area contributed by atoms with Gasteiger partial charge in [0.05, 0.1) is 6.26 Å². The SMILES string of the molecule is Nc1nc(-c2occc2P(=O)(O)O)cs1. The van der Waals surface area contributed by atoms with Crippen molar-refractivity contribution in [3.63, 3.8) is 0 Å². The number of furan rings is 1. The Kier molecular flexibility index (Phi) is 2.40. The summed E-state index contributed by atoms with van der Waals surface area (Å²) < 4.78 is 16.1. The van der Waals surface area contributed by atoms with Crippen LogP contribution >= 0.6 is 18.9 Å². The fourth-order valence-electron chi connectivity index (χ4n) is 1.12. The van der Waals surface area contributed by atoms with Crippen molar-refractivity contribution in [2.24, 2.45) is 0 Å². The lowest BCUT2D eigenvalue weighted by Crippen LogP contribution is -2.03. The molecule has 2 aromatic rings. The van der Waals surface area contributed by atoms with E-state index in [1.54, 1.807) is 5.38 Å². The molecular formula is C7H7N2O4PS. The fourth-order valence-corrected chi connectivity index (χ4v) is 2.35. The molecule has 0 fully saturated rings. The van der Waals surface area contributed by atoms with Gasteiger partial charge in [0.1, 0.15) is 11.0 Å². The van der Waals surface area contributed by atoms with Crippen molar-refractivity contribution >= 4 is 29.4 Å². The van der Waals surface area contributed by atoms with Crippen molar-refractivity contribution < 1.29 is 18.8 Å². The van der Waals surface area contributed by atoms with Gasteiger partial charge in [0.2, 0.25) is 0 Å². The van der Waals surface area contributed by atoms with Gasteiger partial charge in [0, 0.05) is 5.38 Å². The maximum atomic E-state index is 11.1. The molecule has 6 nitrogen and oxygen atoms in total. The second-order valence-electron chi connectivity index (χ2n) is 2.75. The lowest BCUT2D eigenvalue weighted by Gasteiger charge is -2.01. The number of nitrogens with zero attached hydrogens (tertiary/aromatic N) is 1. The summed E-state index contributed by atoms with van der Waals surface area (Å²) in [6.07, 6.45) is 1.21. The van der Waals surface area contributed by atoms with Crippen molar-refractivity contribution in [3.05, 3.63) is 17.7 Å². The van der Waals surface area contributed by atoms with Gasteiger partial charge in [-0.2, -0.15) is 0 Å². The third-order valence-corrected chi connectivity index (χ3v) is 3.37. The van der Waals surface area contributed by atoms with Crippen LogP contribution in [0.25, 0.3) is 11.5 Å². The highest BCUT2D eigenvalue weighted by Crippen LogP contribution is 2.38. The molecule has 0 saturated heterocycles. The molecule has 0 amide bonds. The van der Waals surface area contributed by atoms with Gasteiger partial charge in [0.15, 0.2) is 10.9 Å². The van der Waals surface area contributed by atoms with E-state index in [9.17, 15) is 4.57 Å². The number of anilines is 1. The number of hydrogen-bond donors (Lipinski definition) is 3. The van der Waals surface area contributed by atoms with Crippen LogP contribution in [0.3, 0.4) is 0 Å². The van der Waals surface area contributed by atoms with Gasteiger partial charge in [0.25, 0.3) is 0 Å². The summed E-state index contributed by atoms with van der Waals surface area (Å²) in [6.45, 7) is 0. The standard InChI is InChI=1S/C7H7N2O4PS/c8-7-9-4(3-15-7)6-5(1-2-13-6)14(10,11)12/h1-3H,(H2,8,9)(H2,10,11,12). The average molecular weight is 246 g/mol. The Morgan fingerprint density at radius 2 is 2.27 bits per heavy atom. The minimum absolute atomic E-state index is 0.0660. The molecule has 0 aliphatic rings. The molecule has 15 heavy (non-hydrogen) atoms. The Morgan fingerprint density at radius 1 is 1.53 bits per heavy atom. The summed E-state index contributed by atoms with van der Waals surface area (Å²) in [5.41, 5.74) is 5.75. The number of nitrogen functional groups attached to an aromatic ring is 1. The first-order valence-electron chi connectivity index (χ1n) is 3.83. The normalized spacial score (nSPS) is 11.9. The summed E-state index contributed by atoms with van der Waals surface area (Å²) in [6, 6.07) is 1.23. The molecule has 8 heteroatoms. The lowest BCUT2D eigenvalue weighted by atomic mass is 10.4. The van der Waals surface area contributed by atoms with E-state index < -0.39 is 7.60 Å². The average Bonchev–Trinajstić information content (AvgIpc) is 2.68. The van der Waals surface area contributed by atoms with E-state index in [1.165, 1.54) is 23.7 Å². The van der Waals surface area contributed by atoms with Crippen LogP contribution in [0.4, 0.5) is 5.13 Å². The van der Waals surface area contributed by atoms with Gasteiger partial charge in [-0.05, 0) is 6.07 Å². The van der Waals surface area contributed by atoms with E-state index in [1.807, 2.05) is 0 Å². The van der Waals surface area contributed by atoms with E-state index in [2.05, 4.69) is 4.98 Å². The van der Waals surface area contributed by atoms with Gasteiger partial charge in [-0.1, -0.05) is 0 Å². The largest absolute Gasteiger partial charge is 0.462 e. The summed E-state index contributed by atoms with van der Waals surface area (Å²) in [5.74, 6) is 0.0660. The molecule has 0 aliphatic heterocycles. The lowest BCUT2D eigenvalue weighted by molar-refractivity contribution is 0.387. The molecule has 0 unspecified atom stereocenters. The fraction of sp³-hybridized carbons (Fsp3) is 0.